The van der Waals surface area contributed by atoms with Gasteiger partial charge in [0.2, 0.25) is 0 Å². The van der Waals surface area contributed by atoms with Gasteiger partial charge in [0.15, 0.2) is 6.20 Å². The number of nitrogens with zero attached hydrogens (tertiary/aromatic N) is 1. The zero-order chi connectivity index (χ0) is 14.4. The fraction of sp³-hybridized carbons (Fsp3) is 0.214. The normalized spacial score (nSPS) is 12.1. The SMILES string of the molecule is [O-][n+]1ccccc1SCC(O)COc1ccc(F)cc1. The predicted octanol–water partition coefficient (Wildman–Crippen LogP) is 1.99. The first kappa shape index (κ1) is 14.6. The minimum Gasteiger partial charge on any atom is -0.618 e. The molecule has 1 N–H and O–H groups in total. The number of aliphatic hydroxyl groups excluding tert-OH is 1. The monoisotopic (exact) mass is 295 g/mol. The van der Waals surface area contributed by atoms with E-state index in [4.69, 9.17) is 4.74 Å². The lowest BCUT2D eigenvalue weighted by Gasteiger charge is -2.11. The zero-order valence-corrected chi connectivity index (χ0v) is 11.4. The number of halogens is 1. The average Bonchev–Trinajstić information content (AvgIpc) is 2.46. The minimum atomic E-state index is -0.717. The lowest BCUT2D eigenvalue weighted by atomic mass is 10.3. The average molecular weight is 295 g/mol. The third-order valence-corrected chi connectivity index (χ3v) is 3.63. The molecular formula is C14H14FNO3S. The van der Waals surface area contributed by atoms with Crippen molar-refractivity contribution < 1.29 is 19.0 Å². The highest BCUT2D eigenvalue weighted by Gasteiger charge is 2.10. The Balaban J connectivity index is 1.77. The molecule has 1 unspecified atom stereocenters. The van der Waals surface area contributed by atoms with Gasteiger partial charge in [-0.3, -0.25) is 0 Å². The second kappa shape index (κ2) is 7.12. The van der Waals surface area contributed by atoms with Crippen molar-refractivity contribution in [2.24, 2.45) is 0 Å². The number of rotatable bonds is 6. The van der Waals surface area contributed by atoms with Crippen LogP contribution in [-0.2, 0) is 0 Å². The molecule has 0 aliphatic rings. The van der Waals surface area contributed by atoms with Crippen molar-refractivity contribution >= 4 is 11.8 Å². The van der Waals surface area contributed by atoms with E-state index in [1.807, 2.05) is 0 Å². The minimum absolute atomic E-state index is 0.0876. The smallest absolute Gasteiger partial charge is 0.251 e. The number of aromatic nitrogens is 1. The second-order valence-corrected chi connectivity index (χ2v) is 5.13. The van der Waals surface area contributed by atoms with Gasteiger partial charge in [0.1, 0.15) is 18.2 Å². The summed E-state index contributed by atoms with van der Waals surface area (Å²) in [6, 6.07) is 10.7. The Labute approximate surface area is 120 Å². The summed E-state index contributed by atoms with van der Waals surface area (Å²) in [7, 11) is 0. The quantitative estimate of drug-likeness (QED) is 0.503. The molecule has 0 saturated heterocycles. The Morgan fingerprint density at radius 3 is 2.70 bits per heavy atom. The summed E-state index contributed by atoms with van der Waals surface area (Å²) < 4.78 is 18.8. The van der Waals surface area contributed by atoms with Crippen molar-refractivity contribution in [3.05, 3.63) is 59.7 Å². The van der Waals surface area contributed by atoms with E-state index in [2.05, 4.69) is 0 Å². The van der Waals surface area contributed by atoms with Crippen molar-refractivity contribution in [3.8, 4) is 5.75 Å². The van der Waals surface area contributed by atoms with Crippen LogP contribution in [0.25, 0.3) is 0 Å². The Hall–Kier alpha value is -1.79. The maximum absolute atomic E-state index is 12.7. The molecule has 1 heterocycles. The van der Waals surface area contributed by atoms with E-state index in [1.165, 1.54) is 42.2 Å². The van der Waals surface area contributed by atoms with E-state index >= 15 is 0 Å². The lowest BCUT2D eigenvalue weighted by molar-refractivity contribution is -0.645. The summed E-state index contributed by atoms with van der Waals surface area (Å²) >= 11 is 1.25. The van der Waals surface area contributed by atoms with Gasteiger partial charge in [-0.1, -0.05) is 11.8 Å². The van der Waals surface area contributed by atoms with Gasteiger partial charge in [-0.25, -0.2) is 4.39 Å². The molecule has 6 heteroatoms. The third-order valence-electron chi connectivity index (χ3n) is 2.47. The molecule has 0 radical (unpaired) electrons. The summed E-state index contributed by atoms with van der Waals surface area (Å²) in [5, 5.41) is 21.7. The maximum atomic E-state index is 12.7. The second-order valence-electron chi connectivity index (χ2n) is 4.09. The number of pyridine rings is 1. The van der Waals surface area contributed by atoms with Gasteiger partial charge >= 0.3 is 0 Å². The largest absolute Gasteiger partial charge is 0.618 e. The van der Waals surface area contributed by atoms with Gasteiger partial charge in [-0.15, -0.1) is 0 Å². The topological polar surface area (TPSA) is 56.4 Å². The van der Waals surface area contributed by atoms with Crippen LogP contribution in [0.1, 0.15) is 0 Å². The Bertz CT molecular complexity index is 550. The van der Waals surface area contributed by atoms with Gasteiger partial charge in [-0.2, -0.15) is 4.73 Å². The lowest BCUT2D eigenvalue weighted by Crippen LogP contribution is -2.29. The number of aliphatic hydroxyl groups is 1. The molecule has 1 aromatic carbocycles. The molecule has 0 aliphatic heterocycles. The highest BCUT2D eigenvalue weighted by Crippen LogP contribution is 2.15. The molecule has 0 aliphatic carbocycles. The van der Waals surface area contributed by atoms with Gasteiger partial charge in [-0.05, 0) is 30.3 Å². The molecule has 0 bridgehead atoms. The summed E-state index contributed by atoms with van der Waals surface area (Å²) in [4.78, 5) is 0. The van der Waals surface area contributed by atoms with Crippen molar-refractivity contribution in [3.63, 3.8) is 0 Å². The van der Waals surface area contributed by atoms with Crippen molar-refractivity contribution in [2.75, 3.05) is 12.4 Å². The Morgan fingerprint density at radius 1 is 1.25 bits per heavy atom. The number of benzene rings is 1. The molecule has 106 valence electrons. The van der Waals surface area contributed by atoms with E-state index in [0.717, 1.165) is 4.73 Å². The summed E-state index contributed by atoms with van der Waals surface area (Å²) in [5.41, 5.74) is 0. The number of thioether (sulfide) groups is 1. The summed E-state index contributed by atoms with van der Waals surface area (Å²) in [6.07, 6.45) is 0.689. The maximum Gasteiger partial charge on any atom is 0.251 e. The summed E-state index contributed by atoms with van der Waals surface area (Å²) in [6.45, 7) is 0.0876. The molecule has 1 aromatic heterocycles. The van der Waals surface area contributed by atoms with Crippen LogP contribution in [0.3, 0.4) is 0 Å². The molecule has 2 rings (SSSR count). The van der Waals surface area contributed by atoms with Crippen molar-refractivity contribution in [1.82, 2.24) is 0 Å². The van der Waals surface area contributed by atoms with E-state index < -0.39 is 6.10 Å². The zero-order valence-electron chi connectivity index (χ0n) is 10.6. The molecule has 0 fully saturated rings. The third kappa shape index (κ3) is 4.40. The van der Waals surface area contributed by atoms with Crippen LogP contribution in [0.4, 0.5) is 4.39 Å². The van der Waals surface area contributed by atoms with E-state index in [1.54, 1.807) is 18.2 Å². The molecule has 0 saturated carbocycles. The predicted molar refractivity (Wildman–Crippen MR) is 74.0 cm³/mol. The molecule has 2 aromatic rings. The fourth-order valence-electron chi connectivity index (χ4n) is 1.48. The first-order chi connectivity index (χ1) is 9.65. The van der Waals surface area contributed by atoms with Crippen LogP contribution >= 0.6 is 11.8 Å². The molecule has 1 atom stereocenters. The molecule has 20 heavy (non-hydrogen) atoms. The highest BCUT2D eigenvalue weighted by molar-refractivity contribution is 7.99. The molecule has 0 spiro atoms. The van der Waals surface area contributed by atoms with Crippen molar-refractivity contribution in [2.45, 2.75) is 11.1 Å². The number of hydrogen-bond acceptors (Lipinski definition) is 4. The van der Waals surface area contributed by atoms with Crippen LogP contribution in [0.2, 0.25) is 0 Å². The van der Waals surface area contributed by atoms with Crippen LogP contribution in [0.5, 0.6) is 5.75 Å². The van der Waals surface area contributed by atoms with E-state index in [-0.39, 0.29) is 12.4 Å². The highest BCUT2D eigenvalue weighted by atomic mass is 32.2. The number of hydrogen-bond donors (Lipinski definition) is 1. The number of ether oxygens (including phenoxy) is 1. The van der Waals surface area contributed by atoms with Crippen LogP contribution in [0, 0.1) is 11.0 Å². The van der Waals surface area contributed by atoms with Crippen LogP contribution in [0.15, 0.2) is 53.7 Å². The van der Waals surface area contributed by atoms with Gasteiger partial charge < -0.3 is 15.1 Å². The van der Waals surface area contributed by atoms with Crippen LogP contribution in [-0.4, -0.2) is 23.6 Å². The molecular weight excluding hydrogens is 281 g/mol. The molecule has 4 nitrogen and oxygen atoms in total. The first-order valence-corrected chi connectivity index (χ1v) is 7.01. The van der Waals surface area contributed by atoms with Crippen LogP contribution < -0.4 is 9.47 Å². The summed E-state index contributed by atoms with van der Waals surface area (Å²) in [5.74, 6) is 0.500. The van der Waals surface area contributed by atoms with E-state index in [0.29, 0.717) is 16.5 Å². The fourth-order valence-corrected chi connectivity index (χ4v) is 2.30. The standard InChI is InChI=1S/C14H14FNO3S/c15-11-4-6-13(7-5-11)19-9-12(17)10-20-14-3-1-2-8-16(14)18/h1-8,12,17H,9-10H2. The van der Waals surface area contributed by atoms with Crippen molar-refractivity contribution in [1.29, 1.82) is 0 Å². The Morgan fingerprint density at radius 2 is 2.00 bits per heavy atom. The van der Waals surface area contributed by atoms with Gasteiger partial charge in [0.25, 0.3) is 5.03 Å². The van der Waals surface area contributed by atoms with Gasteiger partial charge in [0.05, 0.1) is 6.10 Å². The molecule has 0 amide bonds. The van der Waals surface area contributed by atoms with Gasteiger partial charge in [0, 0.05) is 17.9 Å². The Kier molecular flexibility index (Phi) is 5.20. The first-order valence-electron chi connectivity index (χ1n) is 6.02. The van der Waals surface area contributed by atoms with E-state index in [9.17, 15) is 14.7 Å².